The van der Waals surface area contributed by atoms with Crippen molar-refractivity contribution in [2.75, 3.05) is 0 Å². The molecule has 0 fully saturated rings. The van der Waals surface area contributed by atoms with E-state index < -0.39 is 29.7 Å². The molecule has 6 aromatic rings. The molecule has 280 valence electrons. The van der Waals surface area contributed by atoms with E-state index in [0.717, 1.165) is 16.7 Å². The van der Waals surface area contributed by atoms with Crippen molar-refractivity contribution in [2.45, 2.75) is 51.2 Å². The van der Waals surface area contributed by atoms with Crippen LogP contribution in [-0.2, 0) is 32.8 Å². The Kier molecular flexibility index (Phi) is 11.3. The van der Waals surface area contributed by atoms with Crippen molar-refractivity contribution in [2.24, 2.45) is 0 Å². The Balaban J connectivity index is 1.27. The van der Waals surface area contributed by atoms with Gasteiger partial charge >= 0.3 is 6.18 Å². The van der Waals surface area contributed by atoms with Crippen LogP contribution in [0.15, 0.2) is 146 Å². The number of benzene rings is 6. The first-order valence-electron chi connectivity index (χ1n) is 17.7. The van der Waals surface area contributed by atoms with Gasteiger partial charge in [-0.15, -0.1) is 0 Å². The van der Waals surface area contributed by atoms with Gasteiger partial charge in [0.1, 0.15) is 55.3 Å². The number of carbonyl (C=O) groups excluding carboxylic acids is 1. The highest BCUT2D eigenvalue weighted by Gasteiger charge is 2.46. The molecule has 6 aromatic carbocycles. The van der Waals surface area contributed by atoms with Crippen LogP contribution in [0.1, 0.15) is 49.8 Å². The van der Waals surface area contributed by atoms with Gasteiger partial charge in [0.05, 0.1) is 6.10 Å². The molecular weight excluding hydrogens is 709 g/mol. The topological polar surface area (TPSA) is 83.5 Å². The summed E-state index contributed by atoms with van der Waals surface area (Å²) in [6.45, 7) is 0.369. The van der Waals surface area contributed by atoms with E-state index in [9.17, 15) is 23.1 Å². The van der Waals surface area contributed by atoms with Gasteiger partial charge < -0.3 is 28.8 Å². The Bertz CT molecular complexity index is 2200. The normalized spacial score (nSPS) is 15.0. The highest BCUT2D eigenvalue weighted by molar-refractivity contribution is 6.05. The third kappa shape index (κ3) is 9.10. The molecule has 0 bridgehead atoms. The maximum atomic E-state index is 14.4. The number of ketones is 1. The summed E-state index contributed by atoms with van der Waals surface area (Å²) in [5.74, 6) is -2.02. The minimum absolute atomic E-state index is 0.0596. The van der Waals surface area contributed by atoms with Crippen molar-refractivity contribution in [1.82, 2.24) is 0 Å². The third-order valence-electron chi connectivity index (χ3n) is 9.04. The standard InChI is InChI=1S/C45H37F3O7/c46-45(47,48)44(50)41-40(54-29-33-19-11-4-12-20-33)25-38(52-27-31-15-7-2-8-16-31)35-24-36(49)42(55-43(35)41)34-21-22-37(51-26-30-13-5-1-6-14-30)39(23-34)53-28-32-17-9-3-10-18-32/h1-23,25,36,42,49H,24,26-29H2/t36-,42+/m0/s1. The lowest BCUT2D eigenvalue weighted by Gasteiger charge is -2.34. The number of Topliss-reactive ketones (excluding diaryl/α,β-unsaturated/α-hetero) is 1. The summed E-state index contributed by atoms with van der Waals surface area (Å²) in [6, 6.07) is 43.3. The Morgan fingerprint density at radius 3 is 1.49 bits per heavy atom. The monoisotopic (exact) mass is 746 g/mol. The predicted molar refractivity (Wildman–Crippen MR) is 199 cm³/mol. The number of ether oxygens (including phenoxy) is 5. The minimum Gasteiger partial charge on any atom is -0.488 e. The van der Waals surface area contributed by atoms with Crippen molar-refractivity contribution in [3.05, 3.63) is 185 Å². The number of halogens is 3. The molecule has 0 aromatic heterocycles. The zero-order valence-corrected chi connectivity index (χ0v) is 29.6. The van der Waals surface area contributed by atoms with Crippen molar-refractivity contribution in [3.63, 3.8) is 0 Å². The van der Waals surface area contributed by atoms with Crippen LogP contribution in [-0.4, -0.2) is 23.2 Å². The second-order valence-electron chi connectivity index (χ2n) is 13.0. The zero-order chi connectivity index (χ0) is 38.2. The quantitative estimate of drug-likeness (QED) is 0.111. The van der Waals surface area contributed by atoms with E-state index in [0.29, 0.717) is 22.6 Å². The second-order valence-corrected chi connectivity index (χ2v) is 13.0. The largest absolute Gasteiger partial charge is 0.488 e. The van der Waals surface area contributed by atoms with Gasteiger partial charge in [0.2, 0.25) is 0 Å². The average Bonchev–Trinajstić information content (AvgIpc) is 3.21. The summed E-state index contributed by atoms with van der Waals surface area (Å²) in [4.78, 5) is 13.3. The Hall–Kier alpha value is -6.26. The number of rotatable bonds is 14. The maximum absolute atomic E-state index is 14.4. The molecule has 0 spiro atoms. The summed E-state index contributed by atoms with van der Waals surface area (Å²) in [6.07, 6.45) is -7.92. The smallest absolute Gasteiger partial charge is 0.455 e. The van der Waals surface area contributed by atoms with Gasteiger partial charge in [-0.05, 0) is 39.9 Å². The summed E-state index contributed by atoms with van der Waals surface area (Å²) < 4.78 is 73.9. The van der Waals surface area contributed by atoms with Crippen LogP contribution in [0.5, 0.6) is 28.7 Å². The first kappa shape index (κ1) is 37.1. The van der Waals surface area contributed by atoms with E-state index in [2.05, 4.69) is 0 Å². The van der Waals surface area contributed by atoms with Crippen molar-refractivity contribution in [1.29, 1.82) is 0 Å². The van der Waals surface area contributed by atoms with Gasteiger partial charge in [0.25, 0.3) is 5.78 Å². The molecule has 1 aliphatic rings. The molecule has 1 aliphatic heterocycles. The molecule has 0 aliphatic carbocycles. The van der Waals surface area contributed by atoms with Gasteiger partial charge in [0.15, 0.2) is 11.5 Å². The molecule has 0 amide bonds. The van der Waals surface area contributed by atoms with Gasteiger partial charge in [-0.1, -0.05) is 127 Å². The van der Waals surface area contributed by atoms with E-state index in [1.165, 1.54) is 6.07 Å². The molecule has 0 saturated carbocycles. The van der Waals surface area contributed by atoms with Crippen LogP contribution in [0.2, 0.25) is 0 Å². The van der Waals surface area contributed by atoms with Crippen LogP contribution >= 0.6 is 0 Å². The first-order valence-corrected chi connectivity index (χ1v) is 17.7. The van der Waals surface area contributed by atoms with E-state index in [4.69, 9.17) is 23.7 Å². The van der Waals surface area contributed by atoms with E-state index in [-0.39, 0.29) is 55.7 Å². The molecule has 2 atom stereocenters. The van der Waals surface area contributed by atoms with E-state index >= 15 is 0 Å². The first-order chi connectivity index (χ1) is 26.7. The van der Waals surface area contributed by atoms with Crippen LogP contribution in [0.25, 0.3) is 0 Å². The SMILES string of the molecule is O=C(c1c(OCc2ccccc2)cc(OCc2ccccc2)c2c1O[C@H](c1ccc(OCc3ccccc3)c(OCc3ccccc3)c1)[C@@H](O)C2)C(F)(F)F. The molecule has 10 heteroatoms. The van der Waals surface area contributed by atoms with Gasteiger partial charge in [-0.2, -0.15) is 13.2 Å². The van der Waals surface area contributed by atoms with Crippen LogP contribution < -0.4 is 23.7 Å². The van der Waals surface area contributed by atoms with Gasteiger partial charge in [0, 0.05) is 18.1 Å². The molecule has 1 N–H and O–H groups in total. The molecule has 0 saturated heterocycles. The summed E-state index contributed by atoms with van der Waals surface area (Å²) in [7, 11) is 0. The number of fused-ring (bicyclic) bond motifs is 1. The van der Waals surface area contributed by atoms with Crippen molar-refractivity contribution in [3.8, 4) is 28.7 Å². The average molecular weight is 747 g/mol. The number of alkyl halides is 3. The second kappa shape index (κ2) is 16.8. The Morgan fingerprint density at radius 2 is 1.02 bits per heavy atom. The number of carbonyl (C=O) groups is 1. The van der Waals surface area contributed by atoms with Crippen LogP contribution in [0, 0.1) is 0 Å². The van der Waals surface area contributed by atoms with Crippen LogP contribution in [0.4, 0.5) is 13.2 Å². The lowest BCUT2D eigenvalue weighted by molar-refractivity contribution is -0.0890. The predicted octanol–water partition coefficient (Wildman–Crippen LogP) is 9.78. The number of aliphatic hydroxyl groups excluding tert-OH is 1. The Morgan fingerprint density at radius 1 is 0.582 bits per heavy atom. The maximum Gasteiger partial charge on any atom is 0.455 e. The van der Waals surface area contributed by atoms with Crippen molar-refractivity contribution < 1.29 is 46.8 Å². The highest BCUT2D eigenvalue weighted by atomic mass is 19.4. The minimum atomic E-state index is -5.27. The summed E-state index contributed by atoms with van der Waals surface area (Å²) in [5, 5.41) is 11.6. The van der Waals surface area contributed by atoms with Gasteiger partial charge in [-0.25, -0.2) is 0 Å². The fraction of sp³-hybridized carbons (Fsp3) is 0.178. The highest BCUT2D eigenvalue weighted by Crippen LogP contribution is 2.49. The molecule has 7 rings (SSSR count). The van der Waals surface area contributed by atoms with E-state index in [1.807, 2.05) is 91.0 Å². The fourth-order valence-corrected chi connectivity index (χ4v) is 6.26. The number of hydrogen-bond acceptors (Lipinski definition) is 7. The van der Waals surface area contributed by atoms with Gasteiger partial charge in [-0.3, -0.25) is 4.79 Å². The van der Waals surface area contributed by atoms with Crippen molar-refractivity contribution >= 4 is 5.78 Å². The molecule has 7 nitrogen and oxygen atoms in total. The molecule has 0 radical (unpaired) electrons. The summed E-state index contributed by atoms with van der Waals surface area (Å²) in [5.41, 5.74) is 3.00. The van der Waals surface area contributed by atoms with E-state index in [1.54, 1.807) is 48.5 Å². The lowest BCUT2D eigenvalue weighted by Crippen LogP contribution is -2.33. The summed E-state index contributed by atoms with van der Waals surface area (Å²) >= 11 is 0. The number of aliphatic hydroxyl groups is 1. The molecule has 55 heavy (non-hydrogen) atoms. The molecule has 1 heterocycles. The fourth-order valence-electron chi connectivity index (χ4n) is 6.26. The lowest BCUT2D eigenvalue weighted by atomic mass is 9.91. The Labute approximate surface area is 316 Å². The zero-order valence-electron chi connectivity index (χ0n) is 29.6. The third-order valence-corrected chi connectivity index (χ3v) is 9.04. The van der Waals surface area contributed by atoms with Crippen LogP contribution in [0.3, 0.4) is 0 Å². The molecule has 0 unspecified atom stereocenters. The molecular formula is C45H37F3O7. The number of hydrogen-bond donors (Lipinski definition) is 1.